The zero-order valence-corrected chi connectivity index (χ0v) is 7.96. The Morgan fingerprint density at radius 2 is 2.31 bits per heavy atom. The number of amides is 1. The SMILES string of the molecule is CCc1cc(C)c(C(=O)N2CC2)o1. The van der Waals surface area contributed by atoms with Gasteiger partial charge in [-0.05, 0) is 13.0 Å². The van der Waals surface area contributed by atoms with E-state index in [-0.39, 0.29) is 5.91 Å². The molecule has 1 aliphatic rings. The van der Waals surface area contributed by atoms with E-state index in [1.54, 1.807) is 4.90 Å². The molecule has 2 heterocycles. The monoisotopic (exact) mass is 179 g/mol. The number of carbonyl (C=O) groups is 1. The quantitative estimate of drug-likeness (QED) is 0.646. The molecule has 70 valence electrons. The first-order chi connectivity index (χ1) is 6.22. The van der Waals surface area contributed by atoms with E-state index >= 15 is 0 Å². The lowest BCUT2D eigenvalue weighted by atomic mass is 10.2. The zero-order chi connectivity index (χ0) is 9.42. The summed E-state index contributed by atoms with van der Waals surface area (Å²) in [6.07, 6.45) is 0.841. The molecule has 1 aliphatic heterocycles. The van der Waals surface area contributed by atoms with Crippen LogP contribution < -0.4 is 0 Å². The van der Waals surface area contributed by atoms with Crippen LogP contribution in [0.3, 0.4) is 0 Å². The normalized spacial score (nSPS) is 14.8. The van der Waals surface area contributed by atoms with Crippen LogP contribution in [0.1, 0.15) is 28.8 Å². The van der Waals surface area contributed by atoms with E-state index in [4.69, 9.17) is 4.42 Å². The Morgan fingerprint density at radius 1 is 1.62 bits per heavy atom. The first-order valence-corrected chi connectivity index (χ1v) is 4.61. The van der Waals surface area contributed by atoms with Crippen LogP contribution in [0.15, 0.2) is 10.5 Å². The maximum absolute atomic E-state index is 11.6. The molecule has 0 spiro atoms. The van der Waals surface area contributed by atoms with Crippen LogP contribution in [0, 0.1) is 6.92 Å². The summed E-state index contributed by atoms with van der Waals surface area (Å²) in [5.41, 5.74) is 0.953. The molecule has 1 amide bonds. The Hall–Kier alpha value is -1.25. The maximum atomic E-state index is 11.6. The van der Waals surface area contributed by atoms with Crippen molar-refractivity contribution in [2.45, 2.75) is 20.3 Å². The lowest BCUT2D eigenvalue weighted by molar-refractivity contribution is 0.0853. The van der Waals surface area contributed by atoms with Crippen LogP contribution >= 0.6 is 0 Å². The zero-order valence-electron chi connectivity index (χ0n) is 7.96. The van der Waals surface area contributed by atoms with E-state index in [9.17, 15) is 4.79 Å². The van der Waals surface area contributed by atoms with E-state index in [2.05, 4.69) is 0 Å². The first kappa shape index (κ1) is 8.35. The third kappa shape index (κ3) is 1.46. The molecule has 0 aromatic carbocycles. The average Bonchev–Trinajstić information content (AvgIpc) is 2.89. The van der Waals surface area contributed by atoms with Crippen LogP contribution in [0.5, 0.6) is 0 Å². The lowest BCUT2D eigenvalue weighted by Crippen LogP contribution is -2.10. The van der Waals surface area contributed by atoms with E-state index in [1.165, 1.54) is 0 Å². The largest absolute Gasteiger partial charge is 0.456 e. The molecular weight excluding hydrogens is 166 g/mol. The summed E-state index contributed by atoms with van der Waals surface area (Å²) in [6.45, 7) is 5.68. The highest BCUT2D eigenvalue weighted by Gasteiger charge is 2.28. The number of rotatable bonds is 2. The second kappa shape index (κ2) is 2.91. The Labute approximate surface area is 77.3 Å². The van der Waals surface area contributed by atoms with Gasteiger partial charge < -0.3 is 9.32 Å². The minimum atomic E-state index is 0.0391. The number of hydrogen-bond donors (Lipinski definition) is 0. The van der Waals surface area contributed by atoms with Crippen molar-refractivity contribution < 1.29 is 9.21 Å². The van der Waals surface area contributed by atoms with Crippen molar-refractivity contribution in [2.75, 3.05) is 13.1 Å². The lowest BCUT2D eigenvalue weighted by Gasteiger charge is -1.97. The number of nitrogens with zero attached hydrogens (tertiary/aromatic N) is 1. The van der Waals surface area contributed by atoms with Crippen molar-refractivity contribution in [1.29, 1.82) is 0 Å². The molecule has 0 unspecified atom stereocenters. The number of aryl methyl sites for hydroxylation is 2. The number of hydrogen-bond acceptors (Lipinski definition) is 2. The molecule has 1 aromatic rings. The molecule has 3 heteroatoms. The summed E-state index contributed by atoms with van der Waals surface area (Å²) in [4.78, 5) is 13.4. The average molecular weight is 179 g/mol. The van der Waals surface area contributed by atoms with Gasteiger partial charge in [0.15, 0.2) is 5.76 Å². The summed E-state index contributed by atoms with van der Waals surface area (Å²) in [6, 6.07) is 1.94. The third-order valence-electron chi connectivity index (χ3n) is 2.25. The molecule has 0 aliphatic carbocycles. The van der Waals surface area contributed by atoms with Crippen molar-refractivity contribution in [3.8, 4) is 0 Å². The van der Waals surface area contributed by atoms with Crippen LogP contribution in [-0.2, 0) is 6.42 Å². The van der Waals surface area contributed by atoms with Gasteiger partial charge in [-0.25, -0.2) is 0 Å². The standard InChI is InChI=1S/C10H13NO2/c1-3-8-6-7(2)9(13-8)10(12)11-4-5-11/h6H,3-5H2,1-2H3. The van der Waals surface area contributed by atoms with E-state index in [0.29, 0.717) is 5.76 Å². The summed E-state index contributed by atoms with van der Waals surface area (Å²) < 4.78 is 5.44. The van der Waals surface area contributed by atoms with Crippen molar-refractivity contribution in [3.63, 3.8) is 0 Å². The fourth-order valence-corrected chi connectivity index (χ4v) is 1.33. The predicted octanol–water partition coefficient (Wildman–Crippen LogP) is 1.61. The van der Waals surface area contributed by atoms with Crippen LogP contribution in [0.4, 0.5) is 0 Å². The van der Waals surface area contributed by atoms with Gasteiger partial charge in [0.1, 0.15) is 5.76 Å². The van der Waals surface area contributed by atoms with Gasteiger partial charge in [-0.1, -0.05) is 6.92 Å². The van der Waals surface area contributed by atoms with Gasteiger partial charge in [0.25, 0.3) is 5.91 Å². The highest BCUT2D eigenvalue weighted by atomic mass is 16.4. The van der Waals surface area contributed by atoms with Crippen molar-refractivity contribution >= 4 is 5.91 Å². The highest BCUT2D eigenvalue weighted by molar-refractivity contribution is 5.94. The summed E-state index contributed by atoms with van der Waals surface area (Å²) >= 11 is 0. The Morgan fingerprint density at radius 3 is 2.77 bits per heavy atom. The van der Waals surface area contributed by atoms with E-state index < -0.39 is 0 Å². The first-order valence-electron chi connectivity index (χ1n) is 4.61. The summed E-state index contributed by atoms with van der Waals surface area (Å²) in [7, 11) is 0. The van der Waals surface area contributed by atoms with Crippen LogP contribution in [-0.4, -0.2) is 23.9 Å². The molecule has 0 N–H and O–H groups in total. The fourth-order valence-electron chi connectivity index (χ4n) is 1.33. The van der Waals surface area contributed by atoms with Crippen LogP contribution in [0.25, 0.3) is 0 Å². The fraction of sp³-hybridized carbons (Fsp3) is 0.500. The van der Waals surface area contributed by atoms with Gasteiger partial charge in [-0.3, -0.25) is 4.79 Å². The summed E-state index contributed by atoms with van der Waals surface area (Å²) in [5.74, 6) is 1.45. The van der Waals surface area contributed by atoms with E-state index in [1.807, 2.05) is 19.9 Å². The molecule has 0 radical (unpaired) electrons. The van der Waals surface area contributed by atoms with Crippen molar-refractivity contribution in [1.82, 2.24) is 4.90 Å². The second-order valence-corrected chi connectivity index (χ2v) is 3.37. The van der Waals surface area contributed by atoms with Gasteiger partial charge in [0, 0.05) is 25.1 Å². The highest BCUT2D eigenvalue weighted by Crippen LogP contribution is 2.19. The minimum absolute atomic E-state index is 0.0391. The molecule has 0 atom stereocenters. The van der Waals surface area contributed by atoms with E-state index in [0.717, 1.165) is 30.8 Å². The second-order valence-electron chi connectivity index (χ2n) is 3.37. The molecule has 0 saturated carbocycles. The van der Waals surface area contributed by atoms with Crippen molar-refractivity contribution in [3.05, 3.63) is 23.2 Å². The Balaban J connectivity index is 2.27. The van der Waals surface area contributed by atoms with Gasteiger partial charge in [0.05, 0.1) is 0 Å². The van der Waals surface area contributed by atoms with Gasteiger partial charge in [-0.2, -0.15) is 0 Å². The molecule has 2 rings (SSSR count). The number of carbonyl (C=O) groups excluding carboxylic acids is 1. The summed E-state index contributed by atoms with van der Waals surface area (Å²) in [5, 5.41) is 0. The van der Waals surface area contributed by atoms with Gasteiger partial charge in [0.2, 0.25) is 0 Å². The predicted molar refractivity (Wildman–Crippen MR) is 48.7 cm³/mol. The van der Waals surface area contributed by atoms with Crippen LogP contribution in [0.2, 0.25) is 0 Å². The number of furan rings is 1. The third-order valence-corrected chi connectivity index (χ3v) is 2.25. The van der Waals surface area contributed by atoms with Gasteiger partial charge >= 0.3 is 0 Å². The Bertz CT molecular complexity index is 337. The smallest absolute Gasteiger partial charge is 0.289 e. The molecule has 1 saturated heterocycles. The molecule has 3 nitrogen and oxygen atoms in total. The topological polar surface area (TPSA) is 33.2 Å². The Kier molecular flexibility index (Phi) is 1.87. The molecule has 13 heavy (non-hydrogen) atoms. The molecule has 1 aromatic heterocycles. The maximum Gasteiger partial charge on any atom is 0.289 e. The minimum Gasteiger partial charge on any atom is -0.456 e. The van der Waals surface area contributed by atoms with Gasteiger partial charge in [-0.15, -0.1) is 0 Å². The van der Waals surface area contributed by atoms with Crippen molar-refractivity contribution in [2.24, 2.45) is 0 Å². The molecule has 0 bridgehead atoms. The molecule has 1 fully saturated rings. The molecular formula is C10H13NO2.